The third-order valence-electron chi connectivity index (χ3n) is 6.11. The fourth-order valence-electron chi connectivity index (χ4n) is 4.39. The number of amides is 1. The molecular formula is C25H23N3O7S. The first-order chi connectivity index (χ1) is 17.3. The Balaban J connectivity index is 1.71. The molecule has 2 heterocycles. The normalized spacial score (nSPS) is 21.1. The summed E-state index contributed by atoms with van der Waals surface area (Å²) in [4.78, 5) is 56.2. The Kier molecular flexibility index (Phi) is 7.22. The number of ether oxygens (including phenoxy) is 1. The van der Waals surface area contributed by atoms with E-state index < -0.39 is 33.4 Å². The summed E-state index contributed by atoms with van der Waals surface area (Å²) in [6, 6.07) is 14.4. The third-order valence-corrected chi connectivity index (χ3v) is 7.51. The number of allylic oxidation sites excluding steroid dienone is 2. The zero-order chi connectivity index (χ0) is 25.9. The minimum Gasteiger partial charge on any atom is -0.486 e. The lowest BCUT2D eigenvalue weighted by molar-refractivity contribution is -0.384. The van der Waals surface area contributed by atoms with E-state index in [9.17, 15) is 24.5 Å². The number of hydrogen-bond acceptors (Lipinski definition) is 9. The number of thioether (sulfide) groups is 1. The van der Waals surface area contributed by atoms with Crippen LogP contribution in [0.5, 0.6) is 5.75 Å². The summed E-state index contributed by atoms with van der Waals surface area (Å²) < 4.78 is 5.67. The number of Topliss-reactive ketones (excluding diaryl/α,β-unsaturated/α-hetero) is 1. The number of fused-ring (bicyclic) bond motifs is 1. The van der Waals surface area contributed by atoms with Crippen LogP contribution in [0.2, 0.25) is 0 Å². The fraction of sp³-hybridized carbons (Fsp3) is 0.240. The molecule has 36 heavy (non-hydrogen) atoms. The Morgan fingerprint density at radius 1 is 1.22 bits per heavy atom. The lowest BCUT2D eigenvalue weighted by atomic mass is 9.69. The number of ketones is 1. The monoisotopic (exact) mass is 509 g/mol. The number of carbonyl (C=O) groups excluding carboxylic acids is 3. The molecule has 0 saturated carbocycles. The van der Waals surface area contributed by atoms with Gasteiger partial charge >= 0.3 is 5.97 Å². The van der Waals surface area contributed by atoms with Crippen LogP contribution in [0, 0.1) is 15.5 Å². The van der Waals surface area contributed by atoms with Gasteiger partial charge in [-0.05, 0) is 36.6 Å². The maximum absolute atomic E-state index is 13.8. The molecule has 1 amide bonds. The molecule has 11 heteroatoms. The Labute approximate surface area is 210 Å². The van der Waals surface area contributed by atoms with Crippen molar-refractivity contribution in [1.29, 1.82) is 0 Å². The summed E-state index contributed by atoms with van der Waals surface area (Å²) in [5, 5.41) is 10.3. The van der Waals surface area contributed by atoms with Crippen molar-refractivity contribution in [3.8, 4) is 5.75 Å². The first-order valence-electron chi connectivity index (χ1n) is 11.0. The van der Waals surface area contributed by atoms with E-state index in [2.05, 4.69) is 4.84 Å². The van der Waals surface area contributed by atoms with E-state index in [1.807, 2.05) is 6.07 Å². The van der Waals surface area contributed by atoms with Crippen LogP contribution in [0.1, 0.15) is 12.5 Å². The van der Waals surface area contributed by atoms with Gasteiger partial charge in [-0.25, -0.2) is 4.79 Å². The van der Waals surface area contributed by atoms with Crippen LogP contribution in [0.3, 0.4) is 0 Å². The van der Waals surface area contributed by atoms with Crippen molar-refractivity contribution in [2.75, 3.05) is 12.4 Å². The highest BCUT2D eigenvalue weighted by Crippen LogP contribution is 2.53. The van der Waals surface area contributed by atoms with Gasteiger partial charge in [-0.3, -0.25) is 24.6 Å². The van der Waals surface area contributed by atoms with Crippen molar-refractivity contribution in [2.24, 2.45) is 11.3 Å². The molecule has 186 valence electrons. The van der Waals surface area contributed by atoms with Gasteiger partial charge in [0.1, 0.15) is 28.8 Å². The molecule has 0 spiro atoms. The van der Waals surface area contributed by atoms with E-state index in [1.165, 1.54) is 40.9 Å². The number of benzene rings is 2. The van der Waals surface area contributed by atoms with E-state index in [0.29, 0.717) is 22.6 Å². The van der Waals surface area contributed by atoms with Crippen molar-refractivity contribution in [3.63, 3.8) is 0 Å². The second-order valence-corrected chi connectivity index (χ2v) is 9.28. The molecule has 0 aliphatic carbocycles. The maximum Gasteiger partial charge on any atom is 0.373 e. The topological polar surface area (TPSA) is 142 Å². The SMILES string of the molecule is CC=CC1=C(C(=O)ON)N2C(=O)[C@@](Cc3ccc([N+](=O)[O-])cc3)(C(=O)COc3ccccc3)[C@@H]2SC1. The molecule has 10 nitrogen and oxygen atoms in total. The van der Waals surface area contributed by atoms with Crippen molar-refractivity contribution in [1.82, 2.24) is 4.90 Å². The van der Waals surface area contributed by atoms with E-state index in [4.69, 9.17) is 10.6 Å². The van der Waals surface area contributed by atoms with Crippen molar-refractivity contribution in [2.45, 2.75) is 18.7 Å². The van der Waals surface area contributed by atoms with Crippen molar-refractivity contribution < 1.29 is 28.9 Å². The number of carbonyl (C=O) groups is 3. The van der Waals surface area contributed by atoms with Crippen LogP contribution in [-0.2, 0) is 25.6 Å². The molecule has 2 N–H and O–H groups in total. The van der Waals surface area contributed by atoms with Gasteiger partial charge in [0.2, 0.25) is 5.91 Å². The largest absolute Gasteiger partial charge is 0.486 e. The average molecular weight is 510 g/mol. The number of para-hydroxylation sites is 1. The number of nitro benzene ring substituents is 1. The Morgan fingerprint density at radius 2 is 1.92 bits per heavy atom. The molecule has 0 unspecified atom stereocenters. The summed E-state index contributed by atoms with van der Waals surface area (Å²) >= 11 is 1.34. The first-order valence-corrected chi connectivity index (χ1v) is 12.0. The zero-order valence-electron chi connectivity index (χ0n) is 19.3. The molecule has 2 aliphatic heterocycles. The highest BCUT2D eigenvalue weighted by atomic mass is 32.2. The van der Waals surface area contributed by atoms with E-state index >= 15 is 0 Å². The van der Waals surface area contributed by atoms with Gasteiger partial charge in [-0.15, -0.1) is 11.8 Å². The van der Waals surface area contributed by atoms with Crippen molar-refractivity contribution >= 4 is 35.1 Å². The highest BCUT2D eigenvalue weighted by molar-refractivity contribution is 8.00. The van der Waals surface area contributed by atoms with E-state index in [-0.39, 0.29) is 24.4 Å². The van der Waals surface area contributed by atoms with E-state index in [0.717, 1.165) is 0 Å². The van der Waals surface area contributed by atoms with E-state index in [1.54, 1.807) is 43.3 Å². The lowest BCUT2D eigenvalue weighted by Gasteiger charge is -2.56. The number of nitrogens with zero attached hydrogens (tertiary/aromatic N) is 2. The lowest BCUT2D eigenvalue weighted by Crippen LogP contribution is -2.73. The molecule has 2 aliphatic rings. The number of non-ortho nitro benzene ring substituents is 1. The predicted octanol–water partition coefficient (Wildman–Crippen LogP) is 2.93. The summed E-state index contributed by atoms with van der Waals surface area (Å²) in [5.74, 6) is 4.04. The Hall–Kier alpha value is -3.96. The van der Waals surface area contributed by atoms with Crippen LogP contribution in [0.25, 0.3) is 0 Å². The second kappa shape index (κ2) is 10.3. The quantitative estimate of drug-likeness (QED) is 0.234. The summed E-state index contributed by atoms with van der Waals surface area (Å²) in [7, 11) is 0. The van der Waals surface area contributed by atoms with Crippen molar-refractivity contribution in [3.05, 3.63) is 93.7 Å². The third kappa shape index (κ3) is 4.38. The number of β-lactam (4-membered cyclic amide) rings is 1. The predicted molar refractivity (Wildman–Crippen MR) is 131 cm³/mol. The molecule has 2 aromatic carbocycles. The summed E-state index contributed by atoms with van der Waals surface area (Å²) in [6.45, 7) is 1.41. The van der Waals surface area contributed by atoms with Gasteiger partial charge in [0.05, 0.1) is 4.92 Å². The van der Waals surface area contributed by atoms with Crippen LogP contribution >= 0.6 is 11.8 Å². The van der Waals surface area contributed by atoms with Gasteiger partial charge in [-0.2, -0.15) is 5.90 Å². The summed E-state index contributed by atoms with van der Waals surface area (Å²) in [6.07, 6.45) is 3.41. The smallest absolute Gasteiger partial charge is 0.373 e. The fourth-order valence-corrected chi connectivity index (χ4v) is 5.91. The molecule has 1 fully saturated rings. The average Bonchev–Trinajstić information content (AvgIpc) is 2.90. The highest BCUT2D eigenvalue weighted by Gasteiger charge is 2.68. The Morgan fingerprint density at radius 3 is 2.53 bits per heavy atom. The molecule has 2 atom stereocenters. The zero-order valence-corrected chi connectivity index (χ0v) is 20.1. The van der Waals surface area contributed by atoms with Gasteiger partial charge in [0.25, 0.3) is 5.69 Å². The van der Waals surface area contributed by atoms with Gasteiger partial charge in [0.15, 0.2) is 5.78 Å². The standard InChI is InChI=1S/C25H23N3O7S/c1-2-6-17-15-36-24-25(23(31)27(24)21(17)22(30)35-26,13-16-9-11-18(12-10-16)28(32)33)20(29)14-34-19-7-4-3-5-8-19/h2-12,24H,13-15,26H2,1H3/t24-,25+/m0/s1. The molecule has 4 rings (SSSR count). The van der Waals surface area contributed by atoms with Crippen LogP contribution < -0.4 is 10.6 Å². The Bertz CT molecular complexity index is 1260. The molecule has 1 saturated heterocycles. The van der Waals surface area contributed by atoms with Gasteiger partial charge < -0.3 is 9.57 Å². The number of rotatable bonds is 9. The van der Waals surface area contributed by atoms with Gasteiger partial charge in [-0.1, -0.05) is 42.5 Å². The number of nitro groups is 1. The minimum absolute atomic E-state index is 0.000419. The van der Waals surface area contributed by atoms with Gasteiger partial charge in [0, 0.05) is 17.9 Å². The summed E-state index contributed by atoms with van der Waals surface area (Å²) in [5.41, 5.74) is -0.530. The molecule has 0 radical (unpaired) electrons. The first kappa shape index (κ1) is 25.1. The molecule has 0 aromatic heterocycles. The number of hydrogen-bond donors (Lipinski definition) is 1. The molecular weight excluding hydrogens is 486 g/mol. The molecule has 0 bridgehead atoms. The van der Waals surface area contributed by atoms with Crippen LogP contribution in [-0.4, -0.2) is 45.2 Å². The second-order valence-electron chi connectivity index (χ2n) is 8.21. The minimum atomic E-state index is -1.54. The number of nitrogens with two attached hydrogens (primary N) is 1. The maximum atomic E-state index is 13.8. The van der Waals surface area contributed by atoms with Crippen LogP contribution in [0.15, 0.2) is 78.0 Å². The molecule has 2 aromatic rings. The van der Waals surface area contributed by atoms with Crippen LogP contribution in [0.4, 0.5) is 5.69 Å².